The highest BCUT2D eigenvalue weighted by Crippen LogP contribution is 2.32. The van der Waals surface area contributed by atoms with E-state index in [1.54, 1.807) is 32.3 Å². The van der Waals surface area contributed by atoms with Gasteiger partial charge < -0.3 is 10.2 Å². The molecule has 0 radical (unpaired) electrons. The number of hydrogen-bond donors (Lipinski definition) is 1. The molecule has 4 nitrogen and oxygen atoms in total. The topological polar surface area (TPSA) is 49.4 Å². The van der Waals surface area contributed by atoms with E-state index in [0.717, 1.165) is 23.3 Å². The molecule has 0 atom stereocenters. The van der Waals surface area contributed by atoms with Crippen LogP contribution in [0.3, 0.4) is 0 Å². The third-order valence-electron chi connectivity index (χ3n) is 5.56. The van der Waals surface area contributed by atoms with Gasteiger partial charge in [0.05, 0.1) is 5.56 Å². The maximum Gasteiger partial charge on any atom is 0.416 e. The van der Waals surface area contributed by atoms with E-state index in [1.165, 1.54) is 17.0 Å². The maximum atomic E-state index is 13.0. The third kappa shape index (κ3) is 6.25. The fraction of sp³-hybridized carbons (Fsp3) is 0.259. The molecule has 34 heavy (non-hydrogen) atoms. The first kappa shape index (κ1) is 25.0. The second-order valence-corrected chi connectivity index (χ2v) is 8.39. The summed E-state index contributed by atoms with van der Waals surface area (Å²) in [5.41, 5.74) is 3.29. The number of benzene rings is 1. The number of rotatable bonds is 5. The van der Waals surface area contributed by atoms with Crippen molar-refractivity contribution in [3.8, 4) is 0 Å². The normalized spacial score (nSPS) is 16.2. The van der Waals surface area contributed by atoms with Gasteiger partial charge in [-0.15, -0.1) is 0 Å². The summed E-state index contributed by atoms with van der Waals surface area (Å²) in [5, 5.41) is 2.88. The lowest BCUT2D eigenvalue weighted by Gasteiger charge is -2.17. The first-order valence-corrected chi connectivity index (χ1v) is 10.9. The van der Waals surface area contributed by atoms with Crippen LogP contribution in [-0.4, -0.2) is 30.8 Å². The molecule has 1 N–H and O–H groups in total. The van der Waals surface area contributed by atoms with Gasteiger partial charge in [0.1, 0.15) is 0 Å². The second-order valence-electron chi connectivity index (χ2n) is 8.39. The summed E-state index contributed by atoms with van der Waals surface area (Å²) < 4.78 is 38.9. The molecule has 7 heteroatoms. The molecule has 0 saturated carbocycles. The fourth-order valence-electron chi connectivity index (χ4n) is 3.71. The van der Waals surface area contributed by atoms with Crippen molar-refractivity contribution in [1.82, 2.24) is 10.2 Å². The Hall–Kier alpha value is -3.61. The molecule has 2 aliphatic rings. The molecular formula is C27H27F3N2O2. The number of hydrogen-bond acceptors (Lipinski definition) is 2. The Morgan fingerprint density at radius 2 is 1.71 bits per heavy atom. The van der Waals surface area contributed by atoms with Gasteiger partial charge in [-0.2, -0.15) is 13.2 Å². The lowest BCUT2D eigenvalue weighted by Crippen LogP contribution is -2.29. The lowest BCUT2D eigenvalue weighted by atomic mass is 9.95. The van der Waals surface area contributed by atoms with Gasteiger partial charge in [0.25, 0.3) is 5.91 Å². The molecule has 1 aromatic rings. The zero-order chi connectivity index (χ0) is 24.9. The Labute approximate surface area is 197 Å². The molecule has 2 aliphatic carbocycles. The highest BCUT2D eigenvalue weighted by molar-refractivity contribution is 5.96. The zero-order valence-electron chi connectivity index (χ0n) is 19.4. The van der Waals surface area contributed by atoms with Crippen molar-refractivity contribution in [2.45, 2.75) is 32.4 Å². The summed E-state index contributed by atoms with van der Waals surface area (Å²) in [6, 6.07) is 4.93. The van der Waals surface area contributed by atoms with E-state index in [9.17, 15) is 22.8 Å². The largest absolute Gasteiger partial charge is 0.416 e. The number of carbonyl (C=O) groups excluding carboxylic acids is 2. The number of allylic oxidation sites excluding steroid dienone is 9. The Morgan fingerprint density at radius 1 is 1.00 bits per heavy atom. The van der Waals surface area contributed by atoms with Crippen LogP contribution in [0.5, 0.6) is 0 Å². The van der Waals surface area contributed by atoms with E-state index in [4.69, 9.17) is 0 Å². The van der Waals surface area contributed by atoms with E-state index in [2.05, 4.69) is 5.32 Å². The number of carbonyl (C=O) groups is 2. The van der Waals surface area contributed by atoms with E-state index < -0.39 is 11.7 Å². The van der Waals surface area contributed by atoms with Crippen LogP contribution < -0.4 is 5.32 Å². The summed E-state index contributed by atoms with van der Waals surface area (Å²) in [4.78, 5) is 27.2. The third-order valence-corrected chi connectivity index (χ3v) is 5.56. The van der Waals surface area contributed by atoms with Crippen LogP contribution in [-0.2, 0) is 15.8 Å². The van der Waals surface area contributed by atoms with Gasteiger partial charge in [0, 0.05) is 31.8 Å². The van der Waals surface area contributed by atoms with Crippen LogP contribution in [0.15, 0.2) is 89.2 Å². The minimum absolute atomic E-state index is 0.0399. The van der Waals surface area contributed by atoms with Gasteiger partial charge in [0.2, 0.25) is 5.91 Å². The molecule has 0 fully saturated rings. The van der Waals surface area contributed by atoms with Crippen molar-refractivity contribution in [3.05, 3.63) is 100 Å². The summed E-state index contributed by atoms with van der Waals surface area (Å²) in [6.07, 6.45) is 9.35. The Bertz CT molecular complexity index is 1150. The monoisotopic (exact) mass is 468 g/mol. The predicted molar refractivity (Wildman–Crippen MR) is 127 cm³/mol. The maximum absolute atomic E-state index is 13.0. The molecule has 0 unspecified atom stereocenters. The second kappa shape index (κ2) is 10.5. The predicted octanol–water partition coefficient (Wildman–Crippen LogP) is 5.73. The van der Waals surface area contributed by atoms with Gasteiger partial charge in [-0.05, 0) is 54.7 Å². The molecule has 178 valence electrons. The van der Waals surface area contributed by atoms with Crippen molar-refractivity contribution >= 4 is 17.4 Å². The van der Waals surface area contributed by atoms with Crippen LogP contribution >= 0.6 is 0 Å². The zero-order valence-corrected chi connectivity index (χ0v) is 19.4. The summed E-state index contributed by atoms with van der Waals surface area (Å²) in [6.45, 7) is 1.92. The highest BCUT2D eigenvalue weighted by Gasteiger charge is 2.30. The van der Waals surface area contributed by atoms with E-state index in [-0.39, 0.29) is 18.2 Å². The first-order chi connectivity index (χ1) is 16.1. The molecular weight excluding hydrogens is 441 g/mol. The summed E-state index contributed by atoms with van der Waals surface area (Å²) in [7, 11) is 3.32. The Kier molecular flexibility index (Phi) is 7.76. The minimum Gasteiger partial charge on any atom is -0.345 e. The van der Waals surface area contributed by atoms with Gasteiger partial charge in [-0.25, -0.2) is 0 Å². The molecule has 0 bridgehead atoms. The van der Waals surface area contributed by atoms with Crippen LogP contribution in [0.25, 0.3) is 5.57 Å². The van der Waals surface area contributed by atoms with E-state index >= 15 is 0 Å². The number of nitrogens with zero attached hydrogens (tertiary/aromatic N) is 1. The first-order valence-electron chi connectivity index (χ1n) is 10.9. The molecule has 0 aromatic heterocycles. The van der Waals surface area contributed by atoms with Gasteiger partial charge in [-0.3, -0.25) is 9.59 Å². The van der Waals surface area contributed by atoms with Crippen molar-refractivity contribution in [2.24, 2.45) is 0 Å². The quantitative estimate of drug-likeness (QED) is 0.600. The van der Waals surface area contributed by atoms with Crippen LogP contribution in [0.2, 0.25) is 0 Å². The van der Waals surface area contributed by atoms with E-state index in [1.807, 2.05) is 31.2 Å². The molecule has 3 rings (SSSR count). The van der Waals surface area contributed by atoms with Crippen molar-refractivity contribution in [1.29, 1.82) is 0 Å². The van der Waals surface area contributed by atoms with Gasteiger partial charge in [0.15, 0.2) is 0 Å². The smallest absolute Gasteiger partial charge is 0.345 e. The average molecular weight is 469 g/mol. The number of halogens is 3. The Balaban J connectivity index is 1.89. The number of alkyl halides is 3. The Morgan fingerprint density at radius 3 is 2.35 bits per heavy atom. The lowest BCUT2D eigenvalue weighted by molar-refractivity contribution is -0.137. The van der Waals surface area contributed by atoms with Crippen LogP contribution in [0, 0.1) is 0 Å². The fourth-order valence-corrected chi connectivity index (χ4v) is 3.71. The number of likely N-dealkylation sites (N-methyl/N-ethyl adjacent to an activating group) is 1. The standard InChI is InChI=1S/C27H27F3N2O2/c1-18-9-15-23(26(34)32(2)3)24(16-10-18)31-25(33)17-20-7-5-4-6-8-22(20)19-11-13-21(14-12-19)27(28,29)30/h4-6,8-14,16H,7,15,17H2,1-3H3,(H,31,33). The van der Waals surface area contributed by atoms with E-state index in [0.29, 0.717) is 35.2 Å². The highest BCUT2D eigenvalue weighted by atomic mass is 19.4. The van der Waals surface area contributed by atoms with Crippen molar-refractivity contribution in [3.63, 3.8) is 0 Å². The van der Waals surface area contributed by atoms with Crippen LogP contribution in [0.1, 0.15) is 37.3 Å². The molecule has 1 aromatic carbocycles. The van der Waals surface area contributed by atoms with Crippen molar-refractivity contribution in [2.75, 3.05) is 14.1 Å². The molecule has 0 heterocycles. The number of nitrogens with one attached hydrogen (secondary N) is 1. The minimum atomic E-state index is -4.41. The summed E-state index contributed by atoms with van der Waals surface area (Å²) in [5.74, 6) is -0.484. The summed E-state index contributed by atoms with van der Waals surface area (Å²) >= 11 is 0. The SMILES string of the molecule is CC1=CCC(C(=O)N(C)C)=C(NC(=O)CC2=C(c3ccc(C(F)(F)F)cc3)C=CC=CC2)C=C1. The molecule has 0 saturated heterocycles. The van der Waals surface area contributed by atoms with Gasteiger partial charge >= 0.3 is 6.18 Å². The molecule has 0 spiro atoms. The van der Waals surface area contributed by atoms with Crippen molar-refractivity contribution < 1.29 is 22.8 Å². The van der Waals surface area contributed by atoms with Crippen LogP contribution in [0.4, 0.5) is 13.2 Å². The number of amides is 2. The average Bonchev–Trinajstić information content (AvgIpc) is 3.11. The van der Waals surface area contributed by atoms with Gasteiger partial charge in [-0.1, -0.05) is 54.2 Å². The molecule has 2 amide bonds. The molecule has 0 aliphatic heterocycles.